The van der Waals surface area contributed by atoms with Crippen molar-refractivity contribution in [3.63, 3.8) is 0 Å². The summed E-state index contributed by atoms with van der Waals surface area (Å²) < 4.78 is 32.3. The van der Waals surface area contributed by atoms with Crippen molar-refractivity contribution < 1.29 is 22.9 Å². The van der Waals surface area contributed by atoms with Crippen molar-refractivity contribution in [3.05, 3.63) is 97.2 Å². The van der Waals surface area contributed by atoms with Gasteiger partial charge in [-0.25, -0.2) is 0 Å². The van der Waals surface area contributed by atoms with Gasteiger partial charge < -0.3 is 10.4 Å². The Morgan fingerprint density at radius 2 is 1.02 bits per heavy atom. The Balaban J connectivity index is 4.24. The van der Waals surface area contributed by atoms with Crippen molar-refractivity contribution in [2.24, 2.45) is 0 Å². The third kappa shape index (κ3) is 34.6. The van der Waals surface area contributed by atoms with Gasteiger partial charge in [0.2, 0.25) is 5.91 Å². The Hall–Kier alpha value is -2.74. The zero-order valence-corrected chi connectivity index (χ0v) is 30.9. The molecule has 0 radical (unpaired) electrons. The molecule has 48 heavy (non-hydrogen) atoms. The van der Waals surface area contributed by atoms with Crippen LogP contribution in [0.5, 0.6) is 0 Å². The van der Waals surface area contributed by atoms with Crippen LogP contribution in [-0.2, 0) is 14.9 Å². The Labute approximate surface area is 294 Å². The maximum absolute atomic E-state index is 12.4. The summed E-state index contributed by atoms with van der Waals surface area (Å²) in [5.41, 5.74) is 0. The third-order valence-electron chi connectivity index (χ3n) is 7.50. The van der Waals surface area contributed by atoms with Crippen molar-refractivity contribution in [1.82, 2.24) is 5.32 Å². The topological polar surface area (TPSA) is 104 Å². The molecule has 0 aliphatic heterocycles. The van der Waals surface area contributed by atoms with Gasteiger partial charge in [0.1, 0.15) is 0 Å². The highest BCUT2D eigenvalue weighted by Crippen LogP contribution is 2.10. The van der Waals surface area contributed by atoms with Gasteiger partial charge in [-0.05, 0) is 70.6 Å². The smallest absolute Gasteiger partial charge is 0.267 e. The van der Waals surface area contributed by atoms with Crippen molar-refractivity contribution >= 4 is 16.0 Å². The van der Waals surface area contributed by atoms with Gasteiger partial charge in [0.15, 0.2) is 0 Å². The highest BCUT2D eigenvalue weighted by molar-refractivity contribution is 7.85. The molecule has 0 aliphatic rings. The minimum Gasteiger partial charge on any atom is -0.387 e. The molecule has 0 aromatic carbocycles. The number of aliphatic hydroxyl groups is 1. The number of rotatable bonds is 31. The predicted molar refractivity (Wildman–Crippen MR) is 207 cm³/mol. The number of amides is 1. The van der Waals surface area contributed by atoms with Gasteiger partial charge in [-0.15, -0.1) is 0 Å². The summed E-state index contributed by atoms with van der Waals surface area (Å²) in [7, 11) is -4.39. The molecular formula is C41H67NO5S. The molecule has 0 spiro atoms. The second kappa shape index (κ2) is 34.1. The second-order valence-electron chi connectivity index (χ2n) is 12.1. The van der Waals surface area contributed by atoms with Gasteiger partial charge in [0, 0.05) is 6.42 Å². The van der Waals surface area contributed by atoms with E-state index in [1.165, 1.54) is 57.4 Å². The second-order valence-corrected chi connectivity index (χ2v) is 13.6. The fraction of sp³-hybridized carbons (Fsp3) is 0.585. The van der Waals surface area contributed by atoms with E-state index >= 15 is 0 Å². The number of nitrogens with one attached hydrogen (secondary N) is 1. The standard InChI is InChI=1S/C41H67NO5S/c1-3-5-7-9-11-13-15-17-19-20-21-23-24-26-28-30-32-34-36-40(43)39(38-48(45,46)47)42-41(44)37-35-33-31-29-27-25-22-18-16-14-12-10-8-6-4-2/h6,8,12,14,18,20-22,26-29,33-36,39-40,43H,3-5,7,9-11,13,15-17,19,23-25,30-32,37-38H2,1-2H3,(H,42,44)(H,45,46,47)/b8-6-,14-12-,21-20+,22-18-,28-26+,29-27-,35-33-,36-34+. The number of allylic oxidation sites excluding steroid dienone is 14. The van der Waals surface area contributed by atoms with Gasteiger partial charge in [-0.1, -0.05) is 156 Å². The molecule has 0 rings (SSSR count). The fourth-order valence-corrected chi connectivity index (χ4v) is 5.52. The highest BCUT2D eigenvalue weighted by Gasteiger charge is 2.24. The summed E-state index contributed by atoms with van der Waals surface area (Å²) in [5.74, 6) is -1.19. The first kappa shape index (κ1) is 45.3. The number of hydrogen-bond donors (Lipinski definition) is 3. The number of aliphatic hydroxyl groups excluding tert-OH is 1. The molecular weight excluding hydrogens is 619 g/mol. The molecule has 0 bridgehead atoms. The monoisotopic (exact) mass is 685 g/mol. The Kier molecular flexibility index (Phi) is 32.2. The number of carbonyl (C=O) groups is 1. The average molecular weight is 686 g/mol. The van der Waals surface area contributed by atoms with Crippen LogP contribution < -0.4 is 5.32 Å². The SMILES string of the molecule is CC/C=C\C/C=C\C/C=C\C/C=C\C/C=C\CC(=O)NC(CS(=O)(=O)O)C(O)/C=C/CC/C=C/CC/C=C/CCCCCCCCCC. The molecule has 0 saturated carbocycles. The van der Waals surface area contributed by atoms with Crippen molar-refractivity contribution in [3.8, 4) is 0 Å². The molecule has 6 nitrogen and oxygen atoms in total. The molecule has 0 aromatic rings. The zero-order chi connectivity index (χ0) is 35.4. The molecule has 272 valence electrons. The van der Waals surface area contributed by atoms with E-state index in [-0.39, 0.29) is 6.42 Å². The lowest BCUT2D eigenvalue weighted by atomic mass is 10.1. The number of unbranched alkanes of at least 4 members (excludes halogenated alkanes) is 10. The predicted octanol–water partition coefficient (Wildman–Crippen LogP) is 10.6. The maximum atomic E-state index is 12.4. The fourth-order valence-electron chi connectivity index (χ4n) is 4.78. The van der Waals surface area contributed by atoms with Gasteiger partial charge in [-0.2, -0.15) is 8.42 Å². The summed E-state index contributed by atoms with van der Waals surface area (Å²) in [4.78, 5) is 12.4. The highest BCUT2D eigenvalue weighted by atomic mass is 32.2. The largest absolute Gasteiger partial charge is 0.387 e. The van der Waals surface area contributed by atoms with Crippen LogP contribution >= 0.6 is 0 Å². The van der Waals surface area contributed by atoms with Crippen LogP contribution in [0.3, 0.4) is 0 Å². The van der Waals surface area contributed by atoms with E-state index in [4.69, 9.17) is 0 Å². The van der Waals surface area contributed by atoms with E-state index in [0.29, 0.717) is 12.8 Å². The minimum atomic E-state index is -4.39. The first-order valence-electron chi connectivity index (χ1n) is 18.4. The van der Waals surface area contributed by atoms with Crippen LogP contribution in [-0.4, -0.2) is 41.9 Å². The summed E-state index contributed by atoms with van der Waals surface area (Å²) in [6.07, 6.45) is 51.3. The lowest BCUT2D eigenvalue weighted by Gasteiger charge is -2.20. The Morgan fingerprint density at radius 1 is 0.583 bits per heavy atom. The molecule has 2 unspecified atom stereocenters. The van der Waals surface area contributed by atoms with Gasteiger partial charge in [0.05, 0.1) is 17.9 Å². The van der Waals surface area contributed by atoms with E-state index in [1.807, 2.05) is 12.2 Å². The van der Waals surface area contributed by atoms with E-state index in [2.05, 4.69) is 86.0 Å². The molecule has 3 N–H and O–H groups in total. The van der Waals surface area contributed by atoms with Crippen LogP contribution in [0.15, 0.2) is 97.2 Å². The van der Waals surface area contributed by atoms with Crippen molar-refractivity contribution in [2.45, 2.75) is 148 Å². The maximum Gasteiger partial charge on any atom is 0.267 e. The van der Waals surface area contributed by atoms with E-state index < -0.39 is 33.9 Å². The third-order valence-corrected chi connectivity index (χ3v) is 8.28. The van der Waals surface area contributed by atoms with Crippen LogP contribution in [0.2, 0.25) is 0 Å². The van der Waals surface area contributed by atoms with Crippen LogP contribution in [0.25, 0.3) is 0 Å². The van der Waals surface area contributed by atoms with Crippen LogP contribution in [0.4, 0.5) is 0 Å². The summed E-state index contributed by atoms with van der Waals surface area (Å²) in [6.45, 7) is 4.38. The molecule has 0 aliphatic carbocycles. The van der Waals surface area contributed by atoms with Crippen LogP contribution in [0, 0.1) is 0 Å². The lowest BCUT2D eigenvalue weighted by molar-refractivity contribution is -0.121. The van der Waals surface area contributed by atoms with E-state index in [9.17, 15) is 22.9 Å². The summed E-state index contributed by atoms with van der Waals surface area (Å²) >= 11 is 0. The molecule has 0 heterocycles. The quantitative estimate of drug-likeness (QED) is 0.0383. The van der Waals surface area contributed by atoms with Gasteiger partial charge in [0.25, 0.3) is 10.1 Å². The first-order valence-corrected chi connectivity index (χ1v) is 20.0. The number of carbonyl (C=O) groups excluding carboxylic acids is 1. The number of hydrogen-bond acceptors (Lipinski definition) is 4. The summed E-state index contributed by atoms with van der Waals surface area (Å²) in [6, 6.07) is -1.14. The van der Waals surface area contributed by atoms with Crippen LogP contribution in [0.1, 0.15) is 136 Å². The molecule has 7 heteroatoms. The molecule has 1 amide bonds. The lowest BCUT2D eigenvalue weighted by Crippen LogP contribution is -2.46. The molecule has 0 aromatic heterocycles. The zero-order valence-electron chi connectivity index (χ0n) is 30.1. The minimum absolute atomic E-state index is 0.0467. The molecule has 2 atom stereocenters. The van der Waals surface area contributed by atoms with Gasteiger partial charge in [-0.3, -0.25) is 9.35 Å². The van der Waals surface area contributed by atoms with Gasteiger partial charge >= 0.3 is 0 Å². The average Bonchev–Trinajstić information content (AvgIpc) is 3.05. The van der Waals surface area contributed by atoms with Crippen molar-refractivity contribution in [1.29, 1.82) is 0 Å². The van der Waals surface area contributed by atoms with E-state index in [0.717, 1.165) is 51.4 Å². The normalized spacial score (nSPS) is 14.5. The Morgan fingerprint density at radius 3 is 1.52 bits per heavy atom. The summed E-state index contributed by atoms with van der Waals surface area (Å²) in [5, 5.41) is 13.1. The molecule has 0 saturated heterocycles. The molecule has 0 fully saturated rings. The Bertz CT molecular complexity index is 1110. The van der Waals surface area contributed by atoms with E-state index in [1.54, 1.807) is 12.2 Å². The van der Waals surface area contributed by atoms with Crippen molar-refractivity contribution in [2.75, 3.05) is 5.75 Å². The first-order chi connectivity index (χ1) is 23.3.